The standard InChI is InChI=1S/C33H44ClF2N3O6S3/c1-4-8-27(9-5-2)48(42,43)21-29(38-44-45-47-32-13-12-31(34)46-32)33(41)39(19-23-11-7-10-22(6-3)14-23)20-30(40)28(37)17-24-15-25(35)18-26(36)16-24/h7,10-16,18,27-30,38,40H,4-6,8-9,17,19-21,37H2,1-3H3/t28-,29?,30+/m0/s1. The van der Waals surface area contributed by atoms with E-state index in [9.17, 15) is 27.1 Å². The molecule has 2 aromatic carbocycles. The van der Waals surface area contributed by atoms with Crippen LogP contribution in [0.15, 0.2) is 58.8 Å². The summed E-state index contributed by atoms with van der Waals surface area (Å²) in [7, 11) is -3.81. The van der Waals surface area contributed by atoms with Crippen LogP contribution in [0, 0.1) is 11.6 Å². The van der Waals surface area contributed by atoms with E-state index >= 15 is 0 Å². The number of nitrogens with one attached hydrogen (secondary N) is 1. The lowest BCUT2D eigenvalue weighted by Crippen LogP contribution is -2.54. The number of nitrogens with two attached hydrogens (primary N) is 1. The van der Waals surface area contributed by atoms with Crippen LogP contribution in [0.2, 0.25) is 4.34 Å². The van der Waals surface area contributed by atoms with Gasteiger partial charge in [0.1, 0.15) is 17.7 Å². The Kier molecular flexibility index (Phi) is 16.7. The van der Waals surface area contributed by atoms with Gasteiger partial charge < -0.3 is 15.7 Å². The predicted octanol–water partition coefficient (Wildman–Crippen LogP) is 6.41. The number of benzene rings is 2. The van der Waals surface area contributed by atoms with Crippen LogP contribution in [-0.4, -0.2) is 60.1 Å². The van der Waals surface area contributed by atoms with Gasteiger partial charge in [0.15, 0.2) is 9.84 Å². The van der Waals surface area contributed by atoms with Crippen LogP contribution < -0.4 is 11.2 Å². The molecule has 15 heteroatoms. The van der Waals surface area contributed by atoms with Crippen molar-refractivity contribution in [3.05, 3.63) is 87.3 Å². The molecule has 1 heterocycles. The summed E-state index contributed by atoms with van der Waals surface area (Å²) in [6, 6.07) is 11.5. The number of carbonyl (C=O) groups is 1. The Bertz CT molecular complexity index is 1540. The molecule has 0 fully saturated rings. The van der Waals surface area contributed by atoms with Crippen molar-refractivity contribution in [3.63, 3.8) is 0 Å². The van der Waals surface area contributed by atoms with Crippen LogP contribution >= 0.6 is 35.0 Å². The molecule has 1 aromatic heterocycles. The van der Waals surface area contributed by atoms with Crippen molar-refractivity contribution in [2.75, 3.05) is 12.3 Å². The monoisotopic (exact) mass is 747 g/mol. The zero-order valence-corrected chi connectivity index (χ0v) is 30.4. The molecule has 0 aliphatic carbocycles. The van der Waals surface area contributed by atoms with Crippen LogP contribution in [-0.2, 0) is 43.3 Å². The molecular weight excluding hydrogens is 704 g/mol. The van der Waals surface area contributed by atoms with Crippen molar-refractivity contribution in [1.29, 1.82) is 0 Å². The Morgan fingerprint density at radius 3 is 2.31 bits per heavy atom. The average molecular weight is 748 g/mol. The minimum absolute atomic E-state index is 0.0138. The normalized spacial score (nSPS) is 13.9. The molecule has 9 nitrogen and oxygen atoms in total. The number of nitrogens with zero attached hydrogens (tertiary/aromatic N) is 1. The summed E-state index contributed by atoms with van der Waals surface area (Å²) in [5.74, 6) is -2.82. The fourth-order valence-electron chi connectivity index (χ4n) is 5.26. The van der Waals surface area contributed by atoms with E-state index in [1.54, 1.807) is 12.1 Å². The van der Waals surface area contributed by atoms with E-state index < -0.39 is 56.6 Å². The minimum atomic E-state index is -3.81. The second kappa shape index (κ2) is 19.9. The molecule has 1 unspecified atom stereocenters. The average Bonchev–Trinajstić information content (AvgIpc) is 3.45. The highest BCUT2D eigenvalue weighted by atomic mass is 35.5. The highest BCUT2D eigenvalue weighted by Crippen LogP contribution is 2.30. The summed E-state index contributed by atoms with van der Waals surface area (Å²) in [6.07, 6.45) is 1.50. The second-order valence-corrected chi connectivity index (χ2v) is 16.6. The van der Waals surface area contributed by atoms with Gasteiger partial charge in [-0.25, -0.2) is 17.2 Å². The number of hydroxylamine groups is 1. The fourth-order valence-corrected chi connectivity index (χ4v) is 9.07. The molecule has 48 heavy (non-hydrogen) atoms. The Balaban J connectivity index is 1.89. The predicted molar refractivity (Wildman–Crippen MR) is 187 cm³/mol. The second-order valence-electron chi connectivity index (χ2n) is 11.6. The lowest BCUT2D eigenvalue weighted by atomic mass is 10.0. The highest BCUT2D eigenvalue weighted by Gasteiger charge is 2.35. The van der Waals surface area contributed by atoms with Gasteiger partial charge in [-0.3, -0.25) is 4.79 Å². The largest absolute Gasteiger partial charge is 0.390 e. The number of hydrogen-bond donors (Lipinski definition) is 3. The summed E-state index contributed by atoms with van der Waals surface area (Å²) < 4.78 is 61.4. The van der Waals surface area contributed by atoms with Gasteiger partial charge >= 0.3 is 0 Å². The Morgan fingerprint density at radius 2 is 1.71 bits per heavy atom. The topological polar surface area (TPSA) is 131 Å². The number of aryl methyl sites for hydroxylation is 1. The van der Waals surface area contributed by atoms with E-state index in [-0.39, 0.29) is 25.1 Å². The molecule has 0 saturated heterocycles. The number of thiophene rings is 1. The lowest BCUT2D eigenvalue weighted by Gasteiger charge is -2.31. The number of aliphatic hydroxyl groups is 1. The van der Waals surface area contributed by atoms with Gasteiger partial charge in [0.05, 0.1) is 37.7 Å². The van der Waals surface area contributed by atoms with E-state index in [0.29, 0.717) is 34.2 Å². The number of halogens is 3. The number of hydrogen-bond acceptors (Lipinski definition) is 10. The van der Waals surface area contributed by atoms with Crippen LogP contribution in [0.5, 0.6) is 0 Å². The number of sulfone groups is 1. The number of amides is 1. The maximum Gasteiger partial charge on any atom is 0.243 e. The van der Waals surface area contributed by atoms with Crippen molar-refractivity contribution in [3.8, 4) is 0 Å². The third-order valence-electron chi connectivity index (χ3n) is 7.70. The summed E-state index contributed by atoms with van der Waals surface area (Å²) in [6.45, 7) is 5.51. The van der Waals surface area contributed by atoms with Crippen LogP contribution in [0.1, 0.15) is 63.1 Å². The van der Waals surface area contributed by atoms with Gasteiger partial charge in [-0.1, -0.05) is 69.5 Å². The van der Waals surface area contributed by atoms with Crippen LogP contribution in [0.25, 0.3) is 0 Å². The quantitative estimate of drug-likeness (QED) is 0.0490. The van der Waals surface area contributed by atoms with Crippen molar-refractivity contribution in [1.82, 2.24) is 10.4 Å². The molecule has 1 amide bonds. The number of aliphatic hydroxyl groups excluding tert-OH is 1. The highest BCUT2D eigenvalue weighted by molar-refractivity contribution is 7.96. The van der Waals surface area contributed by atoms with E-state index in [1.807, 2.05) is 45.0 Å². The fraction of sp³-hybridized carbons (Fsp3) is 0.485. The van der Waals surface area contributed by atoms with Gasteiger partial charge in [0.25, 0.3) is 0 Å². The first-order chi connectivity index (χ1) is 22.8. The first-order valence-electron chi connectivity index (χ1n) is 15.8. The van der Waals surface area contributed by atoms with Gasteiger partial charge in [-0.15, -0.1) is 20.7 Å². The molecule has 0 radical (unpaired) electrons. The van der Waals surface area contributed by atoms with Crippen LogP contribution in [0.3, 0.4) is 0 Å². The first kappa shape index (κ1) is 40.3. The van der Waals surface area contributed by atoms with Gasteiger partial charge in [0, 0.05) is 25.2 Å². The summed E-state index contributed by atoms with van der Waals surface area (Å²) in [5, 5.41) is 10.5. The molecule has 3 aromatic rings. The SMILES string of the molecule is CCCC(CCC)S(=O)(=O)CC(NOOSc1ccc(Cl)s1)C(=O)N(Cc1cccc(CC)c1)C[C@@H](O)[C@@H](N)Cc1cc(F)cc(F)c1. The molecule has 3 rings (SSSR count). The van der Waals surface area contributed by atoms with E-state index in [0.717, 1.165) is 47.8 Å². The summed E-state index contributed by atoms with van der Waals surface area (Å²) in [4.78, 5) is 20.8. The Hall–Kier alpha value is -2.14. The smallest absolute Gasteiger partial charge is 0.243 e. The van der Waals surface area contributed by atoms with Gasteiger partial charge in [-0.2, -0.15) is 5.48 Å². The first-order valence-corrected chi connectivity index (χ1v) is 19.5. The third kappa shape index (κ3) is 13.0. The van der Waals surface area contributed by atoms with Gasteiger partial charge in [-0.05, 0) is 66.6 Å². The molecule has 0 saturated carbocycles. The third-order valence-corrected chi connectivity index (χ3v) is 11.9. The number of carbonyl (C=O) groups excluding carboxylic acids is 1. The zero-order chi connectivity index (χ0) is 35.3. The molecular formula is C33H44ClF2N3O6S3. The molecule has 0 bridgehead atoms. The number of rotatable bonds is 21. The molecule has 0 aliphatic heterocycles. The van der Waals surface area contributed by atoms with E-state index in [1.165, 1.54) is 16.2 Å². The maximum atomic E-state index is 14.3. The molecule has 266 valence electrons. The minimum Gasteiger partial charge on any atom is -0.390 e. The zero-order valence-electron chi connectivity index (χ0n) is 27.2. The van der Waals surface area contributed by atoms with Crippen molar-refractivity contribution < 1.29 is 36.4 Å². The van der Waals surface area contributed by atoms with E-state index in [4.69, 9.17) is 26.7 Å². The van der Waals surface area contributed by atoms with Crippen LogP contribution in [0.4, 0.5) is 8.78 Å². The van der Waals surface area contributed by atoms with Crippen molar-refractivity contribution in [2.45, 2.75) is 93.5 Å². The van der Waals surface area contributed by atoms with Crippen molar-refractivity contribution in [2.24, 2.45) is 5.73 Å². The van der Waals surface area contributed by atoms with Gasteiger partial charge in [0.2, 0.25) is 5.91 Å². The maximum absolute atomic E-state index is 14.3. The van der Waals surface area contributed by atoms with E-state index in [2.05, 4.69) is 5.48 Å². The summed E-state index contributed by atoms with van der Waals surface area (Å²) in [5.41, 5.74) is 10.8. The molecule has 3 atom stereocenters. The lowest BCUT2D eigenvalue weighted by molar-refractivity contribution is -0.252. The Labute approximate surface area is 295 Å². The molecule has 4 N–H and O–H groups in total. The Morgan fingerprint density at radius 1 is 1.04 bits per heavy atom. The van der Waals surface area contributed by atoms with Crippen molar-refractivity contribution >= 4 is 50.7 Å². The molecule has 0 spiro atoms. The molecule has 0 aliphatic rings. The summed E-state index contributed by atoms with van der Waals surface area (Å²) >= 11 is 8.05.